The maximum Gasteiger partial charge on any atom is 0.123 e. The summed E-state index contributed by atoms with van der Waals surface area (Å²) >= 11 is 1.70. The zero-order valence-corrected chi connectivity index (χ0v) is 12.8. The molecule has 0 aliphatic rings. The van der Waals surface area contributed by atoms with Crippen LogP contribution in [0.4, 0.5) is 4.39 Å². The Balaban J connectivity index is 2.00. The Labute approximate surface area is 124 Å². The molecule has 4 heteroatoms. The maximum atomic E-state index is 13.0. The van der Waals surface area contributed by atoms with Crippen LogP contribution in [0.3, 0.4) is 0 Å². The van der Waals surface area contributed by atoms with E-state index in [2.05, 4.69) is 22.6 Å². The Morgan fingerprint density at radius 1 is 1.25 bits per heavy atom. The van der Waals surface area contributed by atoms with Gasteiger partial charge in [-0.05, 0) is 56.5 Å². The quantitative estimate of drug-likeness (QED) is 0.843. The molecule has 0 aliphatic carbocycles. The minimum absolute atomic E-state index is 0.174. The number of benzene rings is 1. The molecule has 20 heavy (non-hydrogen) atoms. The number of nitrogens with one attached hydrogen (secondary N) is 1. The van der Waals surface area contributed by atoms with Gasteiger partial charge >= 0.3 is 0 Å². The van der Waals surface area contributed by atoms with E-state index in [0.29, 0.717) is 5.92 Å². The number of aryl methyl sites for hydroxylation is 1. The summed E-state index contributed by atoms with van der Waals surface area (Å²) in [6, 6.07) is 6.82. The first kappa shape index (κ1) is 15.1. The molecule has 1 aromatic heterocycles. The number of rotatable bonds is 7. The van der Waals surface area contributed by atoms with Crippen molar-refractivity contribution in [2.24, 2.45) is 5.92 Å². The minimum atomic E-state index is -0.174. The molecule has 0 bridgehead atoms. The van der Waals surface area contributed by atoms with Crippen LogP contribution in [0.25, 0.3) is 0 Å². The highest BCUT2D eigenvalue weighted by Gasteiger charge is 2.12. The molecule has 108 valence electrons. The molecular weight excluding hydrogens is 271 g/mol. The third kappa shape index (κ3) is 4.69. The van der Waals surface area contributed by atoms with Crippen LogP contribution in [0.1, 0.15) is 23.2 Å². The number of thiazole rings is 1. The molecule has 0 aliphatic heterocycles. The molecule has 1 N–H and O–H groups in total. The van der Waals surface area contributed by atoms with Gasteiger partial charge in [-0.15, -0.1) is 11.3 Å². The van der Waals surface area contributed by atoms with Gasteiger partial charge < -0.3 is 5.32 Å². The molecule has 1 aromatic carbocycles. The van der Waals surface area contributed by atoms with Crippen LogP contribution in [-0.4, -0.2) is 18.1 Å². The highest BCUT2D eigenvalue weighted by molar-refractivity contribution is 7.09. The van der Waals surface area contributed by atoms with E-state index in [4.69, 9.17) is 0 Å². The number of aromatic nitrogens is 1. The Kier molecular flexibility index (Phi) is 5.68. The third-order valence-corrected chi connectivity index (χ3v) is 4.11. The molecule has 2 rings (SSSR count). The monoisotopic (exact) mass is 292 g/mol. The van der Waals surface area contributed by atoms with Crippen LogP contribution < -0.4 is 5.32 Å². The van der Waals surface area contributed by atoms with Crippen molar-refractivity contribution >= 4 is 11.3 Å². The van der Waals surface area contributed by atoms with Gasteiger partial charge in [0.25, 0.3) is 0 Å². The Hall–Kier alpha value is -1.26. The van der Waals surface area contributed by atoms with E-state index in [1.165, 1.54) is 17.7 Å². The van der Waals surface area contributed by atoms with Crippen LogP contribution in [0.2, 0.25) is 0 Å². The van der Waals surface area contributed by atoms with Gasteiger partial charge in [0.2, 0.25) is 0 Å². The third-order valence-electron chi connectivity index (χ3n) is 3.29. The molecule has 0 radical (unpaired) electrons. The van der Waals surface area contributed by atoms with Gasteiger partial charge in [0, 0.05) is 5.38 Å². The van der Waals surface area contributed by atoms with E-state index in [9.17, 15) is 4.39 Å². The van der Waals surface area contributed by atoms with E-state index in [1.807, 2.05) is 19.1 Å². The van der Waals surface area contributed by atoms with Crippen LogP contribution >= 0.6 is 11.3 Å². The molecule has 0 amide bonds. The van der Waals surface area contributed by atoms with Gasteiger partial charge in [-0.25, -0.2) is 9.37 Å². The molecule has 0 fully saturated rings. The SMILES string of the molecule is CCNCC(Cc1ccc(F)cc1)Cc1csc(C)n1. The van der Waals surface area contributed by atoms with Crippen LogP contribution in [-0.2, 0) is 12.8 Å². The molecule has 1 heterocycles. The number of halogens is 1. The Morgan fingerprint density at radius 3 is 2.60 bits per heavy atom. The fourth-order valence-electron chi connectivity index (χ4n) is 2.32. The number of nitrogens with zero attached hydrogens (tertiary/aromatic N) is 1. The van der Waals surface area contributed by atoms with Gasteiger partial charge in [-0.2, -0.15) is 0 Å². The Bertz CT molecular complexity index is 522. The summed E-state index contributed by atoms with van der Waals surface area (Å²) in [6.07, 6.45) is 1.92. The predicted molar refractivity (Wildman–Crippen MR) is 82.7 cm³/mol. The average molecular weight is 292 g/mol. The fraction of sp³-hybridized carbons (Fsp3) is 0.438. The molecule has 1 unspecified atom stereocenters. The smallest absolute Gasteiger partial charge is 0.123 e. The van der Waals surface area contributed by atoms with Gasteiger partial charge in [0.15, 0.2) is 0 Å². The molecule has 0 saturated carbocycles. The summed E-state index contributed by atoms with van der Waals surface area (Å²) in [5.74, 6) is 0.314. The largest absolute Gasteiger partial charge is 0.317 e. The van der Waals surface area contributed by atoms with Gasteiger partial charge in [-0.3, -0.25) is 0 Å². The van der Waals surface area contributed by atoms with Crippen LogP contribution in [0.15, 0.2) is 29.6 Å². The van der Waals surface area contributed by atoms with E-state index in [0.717, 1.165) is 36.6 Å². The van der Waals surface area contributed by atoms with Gasteiger partial charge in [-0.1, -0.05) is 19.1 Å². The van der Waals surface area contributed by atoms with Crippen LogP contribution in [0, 0.1) is 18.7 Å². The van der Waals surface area contributed by atoms with Crippen molar-refractivity contribution in [1.82, 2.24) is 10.3 Å². The molecule has 2 aromatic rings. The maximum absolute atomic E-state index is 13.0. The van der Waals surface area contributed by atoms with E-state index < -0.39 is 0 Å². The summed E-state index contributed by atoms with van der Waals surface area (Å²) in [5, 5.41) is 6.66. The fourth-order valence-corrected chi connectivity index (χ4v) is 2.94. The first-order chi connectivity index (χ1) is 9.67. The van der Waals surface area contributed by atoms with Crippen molar-refractivity contribution in [3.63, 3.8) is 0 Å². The zero-order chi connectivity index (χ0) is 14.4. The molecule has 2 nitrogen and oxygen atoms in total. The molecular formula is C16H21FN2S. The second-order valence-electron chi connectivity index (χ2n) is 5.07. The lowest BCUT2D eigenvalue weighted by atomic mass is 9.95. The summed E-state index contributed by atoms with van der Waals surface area (Å²) < 4.78 is 13.0. The van der Waals surface area contributed by atoms with Crippen LogP contribution in [0.5, 0.6) is 0 Å². The van der Waals surface area contributed by atoms with Crippen molar-refractivity contribution in [2.45, 2.75) is 26.7 Å². The lowest BCUT2D eigenvalue weighted by Gasteiger charge is -2.16. The van der Waals surface area contributed by atoms with Crippen molar-refractivity contribution in [2.75, 3.05) is 13.1 Å². The van der Waals surface area contributed by atoms with E-state index >= 15 is 0 Å². The van der Waals surface area contributed by atoms with E-state index in [1.54, 1.807) is 11.3 Å². The first-order valence-electron chi connectivity index (χ1n) is 7.03. The minimum Gasteiger partial charge on any atom is -0.317 e. The number of hydrogen-bond donors (Lipinski definition) is 1. The lowest BCUT2D eigenvalue weighted by Crippen LogP contribution is -2.25. The van der Waals surface area contributed by atoms with Crippen molar-refractivity contribution in [3.8, 4) is 0 Å². The van der Waals surface area contributed by atoms with Crippen molar-refractivity contribution in [3.05, 3.63) is 51.7 Å². The molecule has 0 saturated heterocycles. The van der Waals surface area contributed by atoms with Gasteiger partial charge in [0.05, 0.1) is 10.7 Å². The molecule has 1 atom stereocenters. The first-order valence-corrected chi connectivity index (χ1v) is 7.91. The van der Waals surface area contributed by atoms with E-state index in [-0.39, 0.29) is 5.82 Å². The van der Waals surface area contributed by atoms with Crippen molar-refractivity contribution < 1.29 is 4.39 Å². The summed E-state index contributed by atoms with van der Waals surface area (Å²) in [5.41, 5.74) is 2.35. The van der Waals surface area contributed by atoms with Crippen molar-refractivity contribution in [1.29, 1.82) is 0 Å². The zero-order valence-electron chi connectivity index (χ0n) is 12.0. The van der Waals surface area contributed by atoms with Gasteiger partial charge in [0.1, 0.15) is 5.82 Å². The Morgan fingerprint density at radius 2 is 2.00 bits per heavy atom. The summed E-state index contributed by atoms with van der Waals surface area (Å²) in [6.45, 7) is 6.08. The predicted octanol–water partition coefficient (Wildman–Crippen LogP) is 3.60. The average Bonchev–Trinajstić information content (AvgIpc) is 2.84. The normalized spacial score (nSPS) is 12.6. The molecule has 0 spiro atoms. The summed E-state index contributed by atoms with van der Waals surface area (Å²) in [4.78, 5) is 4.55. The standard InChI is InChI=1S/C16H21FN2S/c1-3-18-10-14(9-16-11-20-12(2)19-16)8-13-4-6-15(17)7-5-13/h4-7,11,14,18H,3,8-10H2,1-2H3. The number of hydrogen-bond acceptors (Lipinski definition) is 3. The second-order valence-corrected chi connectivity index (χ2v) is 6.13. The summed E-state index contributed by atoms with van der Waals surface area (Å²) in [7, 11) is 0. The second kappa shape index (κ2) is 7.50. The highest BCUT2D eigenvalue weighted by atomic mass is 32.1. The topological polar surface area (TPSA) is 24.9 Å². The highest BCUT2D eigenvalue weighted by Crippen LogP contribution is 2.17. The lowest BCUT2D eigenvalue weighted by molar-refractivity contribution is 0.474.